The zero-order valence-electron chi connectivity index (χ0n) is 13.6. The van der Waals surface area contributed by atoms with E-state index in [2.05, 4.69) is 15.6 Å². The van der Waals surface area contributed by atoms with E-state index >= 15 is 0 Å². The van der Waals surface area contributed by atoms with Crippen LogP contribution in [0.1, 0.15) is 28.5 Å². The molecule has 0 saturated carbocycles. The summed E-state index contributed by atoms with van der Waals surface area (Å²) in [5.74, 6) is 0.651. The van der Waals surface area contributed by atoms with Crippen LogP contribution in [0.15, 0.2) is 42.6 Å². The van der Waals surface area contributed by atoms with E-state index in [1.165, 1.54) is 0 Å². The number of aryl methyl sites for hydroxylation is 1. The van der Waals surface area contributed by atoms with Gasteiger partial charge in [0.2, 0.25) is 0 Å². The summed E-state index contributed by atoms with van der Waals surface area (Å²) in [5, 5.41) is 6.06. The minimum Gasteiger partial charge on any atom is -0.487 e. The number of hydrogen-bond donors (Lipinski definition) is 2. The summed E-state index contributed by atoms with van der Waals surface area (Å²) in [4.78, 5) is 16.3. The van der Waals surface area contributed by atoms with Crippen LogP contribution in [-0.4, -0.2) is 30.5 Å². The third-order valence-corrected chi connectivity index (χ3v) is 3.32. The smallest absolute Gasteiger partial charge is 0.251 e. The number of ether oxygens (including phenoxy) is 1. The first-order chi connectivity index (χ1) is 11.2. The largest absolute Gasteiger partial charge is 0.487 e. The Hall–Kier alpha value is -2.40. The summed E-state index contributed by atoms with van der Waals surface area (Å²) in [7, 11) is 0. The second kappa shape index (κ2) is 8.90. The summed E-state index contributed by atoms with van der Waals surface area (Å²) in [6.45, 7) is 6.66. The number of amides is 1. The zero-order chi connectivity index (χ0) is 16.5. The van der Waals surface area contributed by atoms with Gasteiger partial charge in [0.25, 0.3) is 5.91 Å². The van der Waals surface area contributed by atoms with E-state index in [0.717, 1.165) is 30.1 Å². The Labute approximate surface area is 137 Å². The monoisotopic (exact) mass is 313 g/mol. The van der Waals surface area contributed by atoms with Crippen molar-refractivity contribution in [2.75, 3.05) is 19.6 Å². The number of aromatic nitrogens is 1. The molecule has 1 aromatic heterocycles. The first-order valence-corrected chi connectivity index (χ1v) is 7.82. The first kappa shape index (κ1) is 17.0. The second-order valence-corrected chi connectivity index (χ2v) is 5.23. The highest BCUT2D eigenvalue weighted by Gasteiger charge is 2.06. The molecule has 122 valence electrons. The molecule has 0 aliphatic heterocycles. The van der Waals surface area contributed by atoms with Gasteiger partial charge >= 0.3 is 0 Å². The van der Waals surface area contributed by atoms with Crippen molar-refractivity contribution in [2.24, 2.45) is 0 Å². The van der Waals surface area contributed by atoms with Gasteiger partial charge in [-0.2, -0.15) is 0 Å². The summed E-state index contributed by atoms with van der Waals surface area (Å²) in [5.41, 5.74) is 2.54. The lowest BCUT2D eigenvalue weighted by Gasteiger charge is -2.09. The molecule has 0 spiro atoms. The van der Waals surface area contributed by atoms with E-state index in [4.69, 9.17) is 4.74 Å². The van der Waals surface area contributed by atoms with Crippen molar-refractivity contribution in [1.82, 2.24) is 15.6 Å². The minimum absolute atomic E-state index is 0.0678. The molecule has 0 unspecified atom stereocenters. The topological polar surface area (TPSA) is 63.2 Å². The van der Waals surface area contributed by atoms with Crippen molar-refractivity contribution in [1.29, 1.82) is 0 Å². The molecule has 0 bridgehead atoms. The number of nitrogens with zero attached hydrogens (tertiary/aromatic N) is 1. The van der Waals surface area contributed by atoms with E-state index in [0.29, 0.717) is 18.7 Å². The van der Waals surface area contributed by atoms with Gasteiger partial charge in [0, 0.05) is 24.3 Å². The van der Waals surface area contributed by atoms with Crippen molar-refractivity contribution in [3.05, 3.63) is 59.4 Å². The van der Waals surface area contributed by atoms with Gasteiger partial charge in [0.15, 0.2) is 0 Å². The number of nitrogens with one attached hydrogen (secondary N) is 2. The maximum absolute atomic E-state index is 12.1. The normalized spacial score (nSPS) is 10.3. The number of hydrogen-bond acceptors (Lipinski definition) is 4. The van der Waals surface area contributed by atoms with Crippen LogP contribution in [0.2, 0.25) is 0 Å². The molecule has 5 heteroatoms. The highest BCUT2D eigenvalue weighted by Crippen LogP contribution is 2.12. The highest BCUT2D eigenvalue weighted by molar-refractivity contribution is 5.94. The Morgan fingerprint density at radius 1 is 1.22 bits per heavy atom. The molecule has 5 nitrogen and oxygen atoms in total. The van der Waals surface area contributed by atoms with E-state index in [-0.39, 0.29) is 5.91 Å². The van der Waals surface area contributed by atoms with Crippen molar-refractivity contribution in [3.8, 4) is 5.75 Å². The molecule has 0 aliphatic carbocycles. The lowest BCUT2D eigenvalue weighted by Crippen LogP contribution is -2.31. The molecule has 2 aromatic rings. The van der Waals surface area contributed by atoms with Crippen molar-refractivity contribution < 1.29 is 9.53 Å². The van der Waals surface area contributed by atoms with Crippen LogP contribution in [0.3, 0.4) is 0 Å². The number of rotatable bonds is 8. The number of carbonyl (C=O) groups excluding carboxylic acids is 1. The summed E-state index contributed by atoms with van der Waals surface area (Å²) >= 11 is 0. The molecule has 0 saturated heterocycles. The lowest BCUT2D eigenvalue weighted by atomic mass is 10.1. The predicted molar refractivity (Wildman–Crippen MR) is 90.6 cm³/mol. The van der Waals surface area contributed by atoms with Crippen molar-refractivity contribution in [3.63, 3.8) is 0 Å². The Bertz CT molecular complexity index is 626. The average molecular weight is 313 g/mol. The first-order valence-electron chi connectivity index (χ1n) is 7.82. The van der Waals surface area contributed by atoms with Crippen LogP contribution >= 0.6 is 0 Å². The van der Waals surface area contributed by atoms with E-state index in [1.807, 2.05) is 44.2 Å². The lowest BCUT2D eigenvalue weighted by molar-refractivity contribution is 0.0954. The maximum Gasteiger partial charge on any atom is 0.251 e. The van der Waals surface area contributed by atoms with Gasteiger partial charge in [-0.25, -0.2) is 0 Å². The molecular formula is C18H23N3O2. The summed E-state index contributed by atoms with van der Waals surface area (Å²) < 4.78 is 5.69. The van der Waals surface area contributed by atoms with Crippen molar-refractivity contribution >= 4 is 5.91 Å². The Balaban J connectivity index is 1.88. The number of pyridine rings is 1. The van der Waals surface area contributed by atoms with Crippen LogP contribution in [0.25, 0.3) is 0 Å². The quantitative estimate of drug-likeness (QED) is 0.734. The molecule has 1 heterocycles. The van der Waals surface area contributed by atoms with Gasteiger partial charge in [-0.1, -0.05) is 19.1 Å². The number of benzene rings is 1. The summed E-state index contributed by atoms with van der Waals surface area (Å²) in [6.07, 6.45) is 1.70. The maximum atomic E-state index is 12.1. The van der Waals surface area contributed by atoms with Gasteiger partial charge in [-0.15, -0.1) is 0 Å². The molecule has 0 atom stereocenters. The fourth-order valence-corrected chi connectivity index (χ4v) is 2.05. The average Bonchev–Trinajstić information content (AvgIpc) is 2.58. The Kier molecular flexibility index (Phi) is 6.56. The van der Waals surface area contributed by atoms with Gasteiger partial charge in [-0.05, 0) is 43.3 Å². The molecule has 2 N–H and O–H groups in total. The fraction of sp³-hybridized carbons (Fsp3) is 0.333. The second-order valence-electron chi connectivity index (χ2n) is 5.23. The highest BCUT2D eigenvalue weighted by atomic mass is 16.5. The molecule has 1 amide bonds. The molecular weight excluding hydrogens is 290 g/mol. The Morgan fingerprint density at radius 2 is 2.09 bits per heavy atom. The third kappa shape index (κ3) is 5.71. The minimum atomic E-state index is -0.0678. The van der Waals surface area contributed by atoms with Crippen LogP contribution < -0.4 is 15.4 Å². The molecule has 0 radical (unpaired) electrons. The third-order valence-electron chi connectivity index (χ3n) is 3.32. The zero-order valence-corrected chi connectivity index (χ0v) is 13.6. The Morgan fingerprint density at radius 3 is 2.83 bits per heavy atom. The number of carbonyl (C=O) groups is 1. The predicted octanol–water partition coefficient (Wildman–Crippen LogP) is 2.31. The van der Waals surface area contributed by atoms with Gasteiger partial charge in [0.1, 0.15) is 12.4 Å². The molecule has 0 fully saturated rings. The molecule has 0 aliphatic rings. The van der Waals surface area contributed by atoms with E-state index in [9.17, 15) is 4.79 Å². The van der Waals surface area contributed by atoms with Crippen LogP contribution in [0.4, 0.5) is 0 Å². The van der Waals surface area contributed by atoms with E-state index in [1.54, 1.807) is 12.3 Å². The van der Waals surface area contributed by atoms with Gasteiger partial charge < -0.3 is 15.4 Å². The molecule has 1 aromatic carbocycles. The van der Waals surface area contributed by atoms with Crippen molar-refractivity contribution in [2.45, 2.75) is 20.5 Å². The SMILES string of the molecule is CCNCCNC(=O)c1cccc(COc2ccc(C)nc2)c1. The standard InChI is InChI=1S/C18H23N3O2/c1-3-19-9-10-20-18(22)16-6-4-5-15(11-16)13-23-17-8-7-14(2)21-12-17/h4-8,11-12,19H,3,9-10,13H2,1-2H3,(H,20,22). The molecule has 23 heavy (non-hydrogen) atoms. The van der Waals surface area contributed by atoms with Gasteiger partial charge in [-0.3, -0.25) is 9.78 Å². The number of likely N-dealkylation sites (N-methyl/N-ethyl adjacent to an activating group) is 1. The van der Waals surface area contributed by atoms with Crippen LogP contribution in [-0.2, 0) is 6.61 Å². The van der Waals surface area contributed by atoms with Crippen LogP contribution in [0, 0.1) is 6.92 Å². The summed E-state index contributed by atoms with van der Waals surface area (Å²) in [6, 6.07) is 11.3. The fourth-order valence-electron chi connectivity index (χ4n) is 2.05. The van der Waals surface area contributed by atoms with E-state index < -0.39 is 0 Å². The van der Waals surface area contributed by atoms with Crippen LogP contribution in [0.5, 0.6) is 5.75 Å². The molecule has 2 rings (SSSR count). The van der Waals surface area contributed by atoms with Gasteiger partial charge in [0.05, 0.1) is 6.20 Å².